The van der Waals surface area contributed by atoms with Crippen molar-refractivity contribution in [3.05, 3.63) is 77.4 Å². The fourth-order valence-electron chi connectivity index (χ4n) is 2.70. The van der Waals surface area contributed by atoms with Crippen LogP contribution in [0.2, 0.25) is 0 Å². The lowest BCUT2D eigenvalue weighted by atomic mass is 10.1. The monoisotopic (exact) mass is 467 g/mol. The molecule has 12 heteroatoms. The Hall–Kier alpha value is -4.22. The predicted octanol–water partition coefficient (Wildman–Crippen LogP) is 4.69. The number of carbonyl (C=O) groups is 2. The van der Waals surface area contributed by atoms with Gasteiger partial charge in [0.05, 0.1) is 5.56 Å². The second-order valence-corrected chi connectivity index (χ2v) is 6.37. The minimum Gasteiger partial charge on any atom is -0.463 e. The normalized spacial score (nSPS) is 11.1. The molecule has 172 valence electrons. The van der Waals surface area contributed by atoms with Crippen molar-refractivity contribution in [2.45, 2.75) is 6.18 Å². The summed E-state index contributed by atoms with van der Waals surface area (Å²) in [5.41, 5.74) is 2.09. The molecule has 2 amide bonds. The lowest BCUT2D eigenvalue weighted by molar-refractivity contribution is -0.140. The van der Waals surface area contributed by atoms with Crippen LogP contribution < -0.4 is 20.5 Å². The molecule has 0 fully saturated rings. The van der Waals surface area contributed by atoms with Crippen molar-refractivity contribution in [2.75, 3.05) is 12.2 Å². The van der Waals surface area contributed by atoms with Crippen LogP contribution >= 0.6 is 0 Å². The molecule has 1 heterocycles. The van der Waals surface area contributed by atoms with E-state index in [0.717, 1.165) is 18.3 Å². The highest BCUT2D eigenvalue weighted by atomic mass is 19.4. The van der Waals surface area contributed by atoms with Crippen LogP contribution in [0, 0.1) is 5.82 Å². The zero-order valence-electron chi connectivity index (χ0n) is 16.5. The van der Waals surface area contributed by atoms with E-state index in [0.29, 0.717) is 6.07 Å². The van der Waals surface area contributed by atoms with Gasteiger partial charge in [-0.2, -0.15) is 13.2 Å². The van der Waals surface area contributed by atoms with Gasteiger partial charge in [0, 0.05) is 11.9 Å². The average Bonchev–Trinajstić information content (AvgIpc) is 2.74. The van der Waals surface area contributed by atoms with E-state index in [1.165, 1.54) is 30.3 Å². The molecule has 0 aliphatic carbocycles. The molecular weight excluding hydrogens is 453 g/mol. The number of hydrogen-bond acceptors (Lipinski definition) is 5. The zero-order valence-corrected chi connectivity index (χ0v) is 16.5. The van der Waals surface area contributed by atoms with Gasteiger partial charge >= 0.3 is 6.18 Å². The van der Waals surface area contributed by atoms with E-state index in [-0.39, 0.29) is 22.9 Å². The molecule has 0 radical (unpaired) electrons. The number of nitrogens with zero attached hydrogens (tertiary/aromatic N) is 1. The lowest BCUT2D eigenvalue weighted by Gasteiger charge is -2.16. The lowest BCUT2D eigenvalue weighted by Crippen LogP contribution is -2.19. The number of alkyl halides is 4. The second-order valence-electron chi connectivity index (χ2n) is 6.37. The fourth-order valence-corrected chi connectivity index (χ4v) is 2.70. The van der Waals surface area contributed by atoms with Gasteiger partial charge in [0.15, 0.2) is 5.82 Å². The summed E-state index contributed by atoms with van der Waals surface area (Å²) in [6.07, 6.45) is -3.96. The Balaban J connectivity index is 2.00. The van der Waals surface area contributed by atoms with Crippen molar-refractivity contribution < 1.29 is 41.0 Å². The Kier molecular flexibility index (Phi) is 6.75. The van der Waals surface area contributed by atoms with E-state index in [1.54, 1.807) is 0 Å². The molecule has 0 aliphatic heterocycles. The summed E-state index contributed by atoms with van der Waals surface area (Å²) >= 11 is 0. The average molecular weight is 467 g/mol. The second kappa shape index (κ2) is 9.51. The fraction of sp³-hybridized carbons (Fsp3) is 0.0952. The third kappa shape index (κ3) is 5.53. The molecule has 3 aromatic rings. The van der Waals surface area contributed by atoms with Gasteiger partial charge in [-0.25, -0.2) is 8.78 Å². The maximum absolute atomic E-state index is 14.8. The Bertz CT molecular complexity index is 1180. The van der Waals surface area contributed by atoms with Gasteiger partial charge in [-0.05, 0) is 48.5 Å². The largest absolute Gasteiger partial charge is 0.463 e. The number of hydrogen-bond donors (Lipinski definition) is 2. The minimum atomic E-state index is -5.08. The van der Waals surface area contributed by atoms with Crippen molar-refractivity contribution >= 4 is 17.5 Å². The number of anilines is 1. The first-order valence-electron chi connectivity index (χ1n) is 9.03. The number of primary amides is 1. The van der Waals surface area contributed by atoms with Crippen molar-refractivity contribution in [3.8, 4) is 17.2 Å². The summed E-state index contributed by atoms with van der Waals surface area (Å²) < 4.78 is 76.8. The van der Waals surface area contributed by atoms with E-state index in [2.05, 4.69) is 15.0 Å². The molecule has 0 atom stereocenters. The summed E-state index contributed by atoms with van der Waals surface area (Å²) in [5, 5.41) is 2.19. The van der Waals surface area contributed by atoms with Gasteiger partial charge in [-0.3, -0.25) is 14.6 Å². The summed E-state index contributed by atoms with van der Waals surface area (Å²) in [6, 6.07) is 8.67. The van der Waals surface area contributed by atoms with Crippen LogP contribution in [0.15, 0.2) is 54.7 Å². The molecule has 3 rings (SSSR count). The molecule has 0 aliphatic rings. The molecule has 2 aromatic carbocycles. The minimum absolute atomic E-state index is 0.00865. The van der Waals surface area contributed by atoms with Crippen molar-refractivity contribution in [1.29, 1.82) is 0 Å². The maximum Gasteiger partial charge on any atom is 0.419 e. The molecule has 3 N–H and O–H groups in total. The van der Waals surface area contributed by atoms with Crippen LogP contribution in [0.4, 0.5) is 27.6 Å². The molecule has 7 nitrogen and oxygen atoms in total. The number of ether oxygens (including phenoxy) is 2. The number of amides is 2. The molecule has 0 saturated heterocycles. The van der Waals surface area contributed by atoms with E-state index in [1.807, 2.05) is 0 Å². The van der Waals surface area contributed by atoms with Crippen LogP contribution in [0.3, 0.4) is 0 Å². The van der Waals surface area contributed by atoms with Gasteiger partial charge in [0.1, 0.15) is 28.5 Å². The van der Waals surface area contributed by atoms with E-state index < -0.39 is 47.5 Å². The van der Waals surface area contributed by atoms with Gasteiger partial charge in [0.25, 0.3) is 11.8 Å². The van der Waals surface area contributed by atoms with Crippen LogP contribution in [0.5, 0.6) is 17.2 Å². The van der Waals surface area contributed by atoms with Crippen molar-refractivity contribution in [3.63, 3.8) is 0 Å². The van der Waals surface area contributed by atoms with Crippen LogP contribution in [-0.4, -0.2) is 23.7 Å². The molecule has 0 unspecified atom stereocenters. The highest BCUT2D eigenvalue weighted by Crippen LogP contribution is 2.37. The SMILES string of the molecule is NC(=O)c1cc(NC(=O)c2c(Oc3ccc(OCF)cc3)ccc(C(F)(F)F)c2F)ccn1. The number of aromatic nitrogens is 1. The van der Waals surface area contributed by atoms with Gasteiger partial charge in [-0.1, -0.05) is 0 Å². The summed E-state index contributed by atoms with van der Waals surface area (Å²) in [4.78, 5) is 27.7. The number of nitrogens with one attached hydrogen (secondary N) is 1. The highest BCUT2D eigenvalue weighted by molar-refractivity contribution is 6.07. The third-order valence-corrected chi connectivity index (χ3v) is 4.18. The number of halogens is 5. The molecule has 33 heavy (non-hydrogen) atoms. The first-order chi connectivity index (χ1) is 15.6. The van der Waals surface area contributed by atoms with Crippen LogP contribution in [0.25, 0.3) is 0 Å². The van der Waals surface area contributed by atoms with E-state index in [9.17, 15) is 31.5 Å². The molecule has 1 aromatic heterocycles. The maximum atomic E-state index is 14.8. The summed E-state index contributed by atoms with van der Waals surface area (Å²) in [6.45, 7) is -1.08. The Labute approximate surface area is 182 Å². The number of rotatable bonds is 7. The highest BCUT2D eigenvalue weighted by Gasteiger charge is 2.37. The van der Waals surface area contributed by atoms with E-state index >= 15 is 0 Å². The number of pyridine rings is 1. The molecule has 0 bridgehead atoms. The van der Waals surface area contributed by atoms with Crippen molar-refractivity contribution in [1.82, 2.24) is 4.98 Å². The van der Waals surface area contributed by atoms with Crippen LogP contribution in [0.1, 0.15) is 26.4 Å². The van der Waals surface area contributed by atoms with Crippen molar-refractivity contribution in [2.24, 2.45) is 5.73 Å². The van der Waals surface area contributed by atoms with Gasteiger partial charge in [-0.15, -0.1) is 0 Å². The molecule has 0 spiro atoms. The molecular formula is C21H14F5N3O4. The Morgan fingerprint density at radius 2 is 1.70 bits per heavy atom. The van der Waals surface area contributed by atoms with Gasteiger partial charge < -0.3 is 20.5 Å². The quantitative estimate of drug-likeness (QED) is 0.491. The number of benzene rings is 2. The number of carbonyl (C=O) groups excluding carboxylic acids is 2. The Morgan fingerprint density at radius 1 is 1.03 bits per heavy atom. The van der Waals surface area contributed by atoms with E-state index in [4.69, 9.17) is 10.5 Å². The summed E-state index contributed by atoms with van der Waals surface area (Å²) in [5.74, 6) is -4.44. The van der Waals surface area contributed by atoms with Gasteiger partial charge in [0.2, 0.25) is 6.86 Å². The molecule has 0 saturated carbocycles. The Morgan fingerprint density at radius 3 is 2.30 bits per heavy atom. The smallest absolute Gasteiger partial charge is 0.419 e. The number of nitrogens with two attached hydrogens (primary N) is 1. The van der Waals surface area contributed by atoms with Crippen LogP contribution in [-0.2, 0) is 6.18 Å². The predicted molar refractivity (Wildman–Crippen MR) is 105 cm³/mol. The first kappa shape index (κ1) is 23.4. The summed E-state index contributed by atoms with van der Waals surface area (Å²) in [7, 11) is 0. The standard InChI is InChI=1S/C21H14F5N3O4/c22-10-32-12-1-3-13(4-2-12)33-16-6-5-14(21(24,25)26)18(23)17(16)20(31)29-11-7-8-28-15(9-11)19(27)30/h1-9H,10H2,(H2,27,30)(H,28,29,31). The topological polar surface area (TPSA) is 104 Å². The first-order valence-corrected chi connectivity index (χ1v) is 9.03. The third-order valence-electron chi connectivity index (χ3n) is 4.18. The zero-order chi connectivity index (χ0) is 24.2.